The molecule has 90 valence electrons. The number of rotatable bonds is 4. The van der Waals surface area contributed by atoms with Crippen LogP contribution in [0.15, 0.2) is 6.33 Å². The van der Waals surface area contributed by atoms with Crippen molar-refractivity contribution in [2.45, 2.75) is 45.9 Å². The molecule has 0 radical (unpaired) electrons. The summed E-state index contributed by atoms with van der Waals surface area (Å²) in [4.78, 5) is 7.38. The number of aryl methyl sites for hydroxylation is 1. The van der Waals surface area contributed by atoms with Crippen molar-refractivity contribution in [3.8, 4) is 0 Å². The second-order valence-corrected chi connectivity index (χ2v) is 5.19. The molecule has 0 bridgehead atoms. The van der Waals surface area contributed by atoms with Gasteiger partial charge in [-0.2, -0.15) is 0 Å². The lowest BCUT2D eigenvalue weighted by Gasteiger charge is -2.51. The fourth-order valence-corrected chi connectivity index (χ4v) is 2.42. The van der Waals surface area contributed by atoms with Crippen molar-refractivity contribution in [2.75, 3.05) is 7.11 Å². The number of hydrogen-bond acceptors (Lipinski definition) is 3. The van der Waals surface area contributed by atoms with Gasteiger partial charge >= 0.3 is 0 Å². The summed E-state index contributed by atoms with van der Waals surface area (Å²) in [6.07, 6.45) is 3.22. The minimum Gasteiger partial charge on any atom is -0.381 e. The van der Waals surface area contributed by atoms with E-state index in [1.165, 1.54) is 0 Å². The van der Waals surface area contributed by atoms with Crippen molar-refractivity contribution >= 4 is 0 Å². The van der Waals surface area contributed by atoms with E-state index in [0.29, 0.717) is 12.1 Å². The van der Waals surface area contributed by atoms with Crippen molar-refractivity contribution in [1.29, 1.82) is 0 Å². The Hall–Kier alpha value is -0.870. The summed E-state index contributed by atoms with van der Waals surface area (Å²) in [5.74, 6) is 0. The molecule has 2 atom stereocenters. The Kier molecular flexibility index (Phi) is 3.04. The standard InChI is InChI=1S/C12H21N3O/c1-8-9(15-7-14-8)6-13-10-5-11(16-4)12(10,2)3/h7,10-11,13H,5-6H2,1-4H3,(H,14,15). The van der Waals surface area contributed by atoms with Gasteiger partial charge in [0.15, 0.2) is 0 Å². The zero-order valence-corrected chi connectivity index (χ0v) is 10.5. The highest BCUT2D eigenvalue weighted by molar-refractivity contribution is 5.10. The highest BCUT2D eigenvalue weighted by Gasteiger charge is 2.48. The van der Waals surface area contributed by atoms with Crippen molar-refractivity contribution in [1.82, 2.24) is 15.3 Å². The molecule has 1 fully saturated rings. The summed E-state index contributed by atoms with van der Waals surface area (Å²) in [7, 11) is 1.79. The zero-order valence-electron chi connectivity index (χ0n) is 10.5. The number of ether oxygens (including phenoxy) is 1. The second kappa shape index (κ2) is 4.18. The summed E-state index contributed by atoms with van der Waals surface area (Å²) in [6, 6.07) is 0.522. The van der Waals surface area contributed by atoms with Gasteiger partial charge in [0.25, 0.3) is 0 Å². The number of methoxy groups -OCH3 is 1. The van der Waals surface area contributed by atoms with E-state index in [1.807, 2.05) is 6.92 Å². The minimum absolute atomic E-state index is 0.221. The van der Waals surface area contributed by atoms with Gasteiger partial charge in [0.1, 0.15) is 0 Å². The maximum absolute atomic E-state index is 5.43. The molecular weight excluding hydrogens is 202 g/mol. The normalized spacial score (nSPS) is 27.8. The lowest BCUT2D eigenvalue weighted by atomic mass is 9.64. The third-order valence-electron chi connectivity index (χ3n) is 3.91. The molecule has 1 aromatic heterocycles. The monoisotopic (exact) mass is 223 g/mol. The maximum atomic E-state index is 5.43. The molecule has 0 amide bonds. The number of hydrogen-bond donors (Lipinski definition) is 2. The van der Waals surface area contributed by atoms with Crippen LogP contribution in [0.2, 0.25) is 0 Å². The third-order valence-corrected chi connectivity index (χ3v) is 3.91. The van der Waals surface area contributed by atoms with Crippen LogP contribution in [0.5, 0.6) is 0 Å². The van der Waals surface area contributed by atoms with Gasteiger partial charge in [0.05, 0.1) is 18.1 Å². The first-order chi connectivity index (χ1) is 7.55. The molecular formula is C12H21N3O. The number of nitrogens with one attached hydrogen (secondary N) is 2. The largest absolute Gasteiger partial charge is 0.381 e. The van der Waals surface area contributed by atoms with E-state index in [4.69, 9.17) is 4.74 Å². The van der Waals surface area contributed by atoms with Crippen molar-refractivity contribution in [3.05, 3.63) is 17.7 Å². The first-order valence-electron chi connectivity index (χ1n) is 5.80. The maximum Gasteiger partial charge on any atom is 0.0925 e. The van der Waals surface area contributed by atoms with E-state index < -0.39 is 0 Å². The van der Waals surface area contributed by atoms with E-state index >= 15 is 0 Å². The van der Waals surface area contributed by atoms with Crippen LogP contribution in [0, 0.1) is 12.3 Å². The van der Waals surface area contributed by atoms with Gasteiger partial charge in [-0.3, -0.25) is 0 Å². The summed E-state index contributed by atoms with van der Waals surface area (Å²) in [5, 5.41) is 3.55. The fraction of sp³-hybridized carbons (Fsp3) is 0.750. The first kappa shape index (κ1) is 11.6. The summed E-state index contributed by atoms with van der Waals surface area (Å²) < 4.78 is 5.43. The third kappa shape index (κ3) is 1.87. The van der Waals surface area contributed by atoms with E-state index in [-0.39, 0.29) is 5.41 Å². The molecule has 16 heavy (non-hydrogen) atoms. The van der Waals surface area contributed by atoms with E-state index in [1.54, 1.807) is 13.4 Å². The van der Waals surface area contributed by atoms with E-state index in [2.05, 4.69) is 29.1 Å². The number of aromatic amines is 1. The van der Waals surface area contributed by atoms with Crippen molar-refractivity contribution in [2.24, 2.45) is 5.41 Å². The Bertz CT molecular complexity index is 359. The molecule has 0 spiro atoms. The fourth-order valence-electron chi connectivity index (χ4n) is 2.42. The molecule has 1 aromatic rings. The lowest BCUT2D eigenvalue weighted by Crippen LogP contribution is -2.60. The van der Waals surface area contributed by atoms with Crippen molar-refractivity contribution in [3.63, 3.8) is 0 Å². The van der Waals surface area contributed by atoms with Gasteiger partial charge in [-0.15, -0.1) is 0 Å². The van der Waals surface area contributed by atoms with Gasteiger partial charge in [-0.05, 0) is 13.3 Å². The second-order valence-electron chi connectivity index (χ2n) is 5.19. The molecule has 1 aliphatic carbocycles. The molecule has 1 aliphatic rings. The number of H-pyrrole nitrogens is 1. The van der Waals surface area contributed by atoms with Crippen LogP contribution >= 0.6 is 0 Å². The molecule has 0 saturated heterocycles. The molecule has 2 unspecified atom stereocenters. The number of aromatic nitrogens is 2. The summed E-state index contributed by atoms with van der Waals surface area (Å²) >= 11 is 0. The van der Waals surface area contributed by atoms with Gasteiger partial charge in [0.2, 0.25) is 0 Å². The SMILES string of the molecule is COC1CC(NCc2nc[nH]c2C)C1(C)C. The van der Waals surface area contributed by atoms with Gasteiger partial charge in [0, 0.05) is 30.8 Å². The Labute approximate surface area is 96.8 Å². The van der Waals surface area contributed by atoms with Gasteiger partial charge in [-0.25, -0.2) is 4.98 Å². The molecule has 4 heteroatoms. The predicted molar refractivity (Wildman–Crippen MR) is 63.1 cm³/mol. The molecule has 1 saturated carbocycles. The Morgan fingerprint density at radius 2 is 2.38 bits per heavy atom. The predicted octanol–water partition coefficient (Wildman–Crippen LogP) is 1.62. The Morgan fingerprint density at radius 1 is 1.62 bits per heavy atom. The molecule has 4 nitrogen and oxygen atoms in total. The Morgan fingerprint density at radius 3 is 2.88 bits per heavy atom. The van der Waals surface area contributed by atoms with Gasteiger partial charge < -0.3 is 15.0 Å². The minimum atomic E-state index is 0.221. The molecule has 1 heterocycles. The van der Waals surface area contributed by atoms with Crippen LogP contribution in [0.4, 0.5) is 0 Å². The van der Waals surface area contributed by atoms with Crippen LogP contribution in [0.3, 0.4) is 0 Å². The van der Waals surface area contributed by atoms with E-state index in [9.17, 15) is 0 Å². The van der Waals surface area contributed by atoms with Crippen LogP contribution in [0.25, 0.3) is 0 Å². The topological polar surface area (TPSA) is 49.9 Å². The van der Waals surface area contributed by atoms with Crippen LogP contribution in [-0.2, 0) is 11.3 Å². The number of nitrogens with zero attached hydrogens (tertiary/aromatic N) is 1. The van der Waals surface area contributed by atoms with Crippen LogP contribution in [0.1, 0.15) is 31.7 Å². The Balaban J connectivity index is 1.87. The molecule has 0 aliphatic heterocycles. The molecule has 0 aromatic carbocycles. The van der Waals surface area contributed by atoms with Crippen LogP contribution < -0.4 is 5.32 Å². The van der Waals surface area contributed by atoms with E-state index in [0.717, 1.165) is 24.4 Å². The number of imidazole rings is 1. The van der Waals surface area contributed by atoms with Crippen LogP contribution in [-0.4, -0.2) is 29.2 Å². The smallest absolute Gasteiger partial charge is 0.0925 e. The average Bonchev–Trinajstić information content (AvgIpc) is 2.63. The lowest BCUT2D eigenvalue weighted by molar-refractivity contribution is -0.0979. The van der Waals surface area contributed by atoms with Gasteiger partial charge in [-0.1, -0.05) is 13.8 Å². The summed E-state index contributed by atoms with van der Waals surface area (Å²) in [6.45, 7) is 7.38. The highest BCUT2D eigenvalue weighted by Crippen LogP contribution is 2.42. The zero-order chi connectivity index (χ0) is 11.8. The highest BCUT2D eigenvalue weighted by atomic mass is 16.5. The first-order valence-corrected chi connectivity index (χ1v) is 5.80. The average molecular weight is 223 g/mol. The quantitative estimate of drug-likeness (QED) is 0.815. The van der Waals surface area contributed by atoms with Crippen molar-refractivity contribution < 1.29 is 4.74 Å². The summed E-state index contributed by atoms with van der Waals surface area (Å²) in [5.41, 5.74) is 2.48. The molecule has 2 N–H and O–H groups in total. The molecule has 2 rings (SSSR count).